The predicted molar refractivity (Wildman–Crippen MR) is 122 cm³/mol. The summed E-state index contributed by atoms with van der Waals surface area (Å²) in [7, 11) is 1.77. The van der Waals surface area contributed by atoms with Crippen LogP contribution in [0.3, 0.4) is 0 Å². The van der Waals surface area contributed by atoms with Gasteiger partial charge in [0.1, 0.15) is 0 Å². The van der Waals surface area contributed by atoms with Gasteiger partial charge in [-0.15, -0.1) is 0 Å². The van der Waals surface area contributed by atoms with E-state index < -0.39 is 0 Å². The highest BCUT2D eigenvalue weighted by Gasteiger charge is 2.13. The van der Waals surface area contributed by atoms with E-state index in [-0.39, 0.29) is 18.4 Å². The second kappa shape index (κ2) is 9.74. The summed E-state index contributed by atoms with van der Waals surface area (Å²) in [4.78, 5) is 26.8. The molecule has 0 fully saturated rings. The van der Waals surface area contributed by atoms with Crippen molar-refractivity contribution in [2.24, 2.45) is 0 Å². The fraction of sp³-hybridized carbons (Fsp3) is 0.200. The van der Waals surface area contributed by atoms with Crippen LogP contribution in [-0.2, 0) is 11.3 Å². The number of benzene rings is 3. The molecule has 0 heterocycles. The first-order valence-electron chi connectivity index (χ1n) is 9.93. The number of hydrogen-bond acceptors (Lipinski definition) is 3. The van der Waals surface area contributed by atoms with Gasteiger partial charge in [-0.1, -0.05) is 54.1 Å². The molecule has 0 bridgehead atoms. The maximum absolute atomic E-state index is 12.8. The van der Waals surface area contributed by atoms with Crippen molar-refractivity contribution in [2.45, 2.75) is 20.4 Å². The van der Waals surface area contributed by atoms with Crippen molar-refractivity contribution in [3.8, 4) is 0 Å². The predicted octanol–water partition coefficient (Wildman–Crippen LogP) is 4.63. The van der Waals surface area contributed by atoms with Crippen molar-refractivity contribution < 1.29 is 9.59 Å². The molecule has 2 amide bonds. The molecule has 0 spiro atoms. The molecule has 3 rings (SSSR count). The molecule has 0 unspecified atom stereocenters. The van der Waals surface area contributed by atoms with Crippen molar-refractivity contribution in [3.63, 3.8) is 0 Å². The lowest BCUT2D eigenvalue weighted by atomic mass is 10.1. The first kappa shape index (κ1) is 21.1. The van der Waals surface area contributed by atoms with Gasteiger partial charge in [0, 0.05) is 30.5 Å². The molecule has 0 atom stereocenters. The van der Waals surface area contributed by atoms with Crippen molar-refractivity contribution in [3.05, 3.63) is 95.1 Å². The van der Waals surface area contributed by atoms with E-state index in [0.717, 1.165) is 16.8 Å². The molecule has 5 nitrogen and oxygen atoms in total. The van der Waals surface area contributed by atoms with Gasteiger partial charge in [0.2, 0.25) is 5.91 Å². The molecule has 5 heteroatoms. The van der Waals surface area contributed by atoms with Gasteiger partial charge in [-0.2, -0.15) is 0 Å². The summed E-state index contributed by atoms with van der Waals surface area (Å²) < 4.78 is 0. The number of anilines is 2. The SMILES string of the molecule is Cc1ccc(NCC(=O)Nc2cccc(C(=O)N(C)Cc3ccccc3)c2)c(C)c1. The normalized spacial score (nSPS) is 10.4. The van der Waals surface area contributed by atoms with Gasteiger partial charge in [-0.3, -0.25) is 9.59 Å². The van der Waals surface area contributed by atoms with E-state index in [1.165, 1.54) is 5.56 Å². The molecule has 0 aromatic heterocycles. The number of aryl methyl sites for hydroxylation is 2. The van der Waals surface area contributed by atoms with Crippen molar-refractivity contribution in [1.29, 1.82) is 0 Å². The molecule has 3 aromatic carbocycles. The number of rotatable bonds is 7. The standard InChI is InChI=1S/C25H27N3O2/c1-18-12-13-23(19(2)14-18)26-16-24(29)27-22-11-7-10-21(15-22)25(30)28(3)17-20-8-5-4-6-9-20/h4-15,26H,16-17H2,1-3H3,(H,27,29). The molecule has 0 radical (unpaired) electrons. The Hall–Kier alpha value is -3.60. The van der Waals surface area contributed by atoms with Crippen LogP contribution in [0.2, 0.25) is 0 Å². The Morgan fingerprint density at radius 2 is 1.67 bits per heavy atom. The summed E-state index contributed by atoms with van der Waals surface area (Å²) in [6.07, 6.45) is 0. The smallest absolute Gasteiger partial charge is 0.253 e. The van der Waals surface area contributed by atoms with Crippen molar-refractivity contribution >= 4 is 23.2 Å². The number of carbonyl (C=O) groups excluding carboxylic acids is 2. The van der Waals surface area contributed by atoms with Gasteiger partial charge < -0.3 is 15.5 Å². The Labute approximate surface area is 177 Å². The summed E-state index contributed by atoms with van der Waals surface area (Å²) >= 11 is 0. The van der Waals surface area contributed by atoms with Gasteiger partial charge >= 0.3 is 0 Å². The highest BCUT2D eigenvalue weighted by atomic mass is 16.2. The molecule has 0 saturated carbocycles. The first-order valence-corrected chi connectivity index (χ1v) is 9.93. The van der Waals surface area contributed by atoms with Crippen LogP contribution in [0.1, 0.15) is 27.0 Å². The molecule has 0 saturated heterocycles. The second-order valence-electron chi connectivity index (χ2n) is 7.45. The molecule has 2 N–H and O–H groups in total. The second-order valence-corrected chi connectivity index (χ2v) is 7.45. The highest BCUT2D eigenvalue weighted by Crippen LogP contribution is 2.17. The Morgan fingerprint density at radius 3 is 2.40 bits per heavy atom. The van der Waals surface area contributed by atoms with Gasteiger partial charge in [0.05, 0.1) is 6.54 Å². The average molecular weight is 402 g/mol. The van der Waals surface area contributed by atoms with E-state index in [1.54, 1.807) is 36.2 Å². The van der Waals surface area contributed by atoms with Gasteiger partial charge in [0.25, 0.3) is 5.91 Å². The highest BCUT2D eigenvalue weighted by molar-refractivity contribution is 5.98. The first-order chi connectivity index (χ1) is 14.4. The van der Waals surface area contributed by atoms with Crippen molar-refractivity contribution in [2.75, 3.05) is 24.2 Å². The van der Waals surface area contributed by atoms with E-state index in [1.807, 2.05) is 56.3 Å². The minimum atomic E-state index is -0.169. The van der Waals surface area contributed by atoms with Crippen LogP contribution >= 0.6 is 0 Å². The maximum atomic E-state index is 12.8. The Morgan fingerprint density at radius 1 is 0.900 bits per heavy atom. The minimum absolute atomic E-state index is 0.0941. The van der Waals surface area contributed by atoms with Crippen LogP contribution in [0, 0.1) is 13.8 Å². The van der Waals surface area contributed by atoms with Crippen LogP contribution < -0.4 is 10.6 Å². The van der Waals surface area contributed by atoms with E-state index in [9.17, 15) is 9.59 Å². The molecule has 3 aromatic rings. The number of nitrogens with zero attached hydrogens (tertiary/aromatic N) is 1. The molecular formula is C25H27N3O2. The van der Waals surface area contributed by atoms with E-state index in [0.29, 0.717) is 17.8 Å². The average Bonchev–Trinajstić information content (AvgIpc) is 2.73. The van der Waals surface area contributed by atoms with E-state index in [4.69, 9.17) is 0 Å². The van der Waals surface area contributed by atoms with E-state index in [2.05, 4.69) is 16.7 Å². The largest absolute Gasteiger partial charge is 0.376 e. The Balaban J connectivity index is 1.59. The fourth-order valence-corrected chi connectivity index (χ4v) is 3.27. The monoisotopic (exact) mass is 401 g/mol. The fourth-order valence-electron chi connectivity index (χ4n) is 3.27. The van der Waals surface area contributed by atoms with Crippen LogP contribution in [0.15, 0.2) is 72.8 Å². The quantitative estimate of drug-likeness (QED) is 0.607. The topological polar surface area (TPSA) is 61.4 Å². The van der Waals surface area contributed by atoms with Crippen LogP contribution in [-0.4, -0.2) is 30.3 Å². The zero-order valence-electron chi connectivity index (χ0n) is 17.6. The van der Waals surface area contributed by atoms with Crippen LogP contribution in [0.4, 0.5) is 11.4 Å². The number of carbonyl (C=O) groups is 2. The molecule has 0 aliphatic rings. The summed E-state index contributed by atoms with van der Waals surface area (Å²) in [5.41, 5.74) is 5.41. The molecular weight excluding hydrogens is 374 g/mol. The minimum Gasteiger partial charge on any atom is -0.376 e. The lowest BCUT2D eigenvalue weighted by Gasteiger charge is -2.18. The van der Waals surface area contributed by atoms with Crippen LogP contribution in [0.25, 0.3) is 0 Å². The molecule has 0 aliphatic carbocycles. The maximum Gasteiger partial charge on any atom is 0.253 e. The molecule has 30 heavy (non-hydrogen) atoms. The third-order valence-electron chi connectivity index (χ3n) is 4.82. The Bertz CT molecular complexity index is 1030. The van der Waals surface area contributed by atoms with Gasteiger partial charge in [-0.25, -0.2) is 0 Å². The third-order valence-corrected chi connectivity index (χ3v) is 4.82. The number of amides is 2. The van der Waals surface area contributed by atoms with Gasteiger partial charge in [-0.05, 0) is 49.2 Å². The zero-order valence-corrected chi connectivity index (χ0v) is 17.6. The summed E-state index contributed by atoms with van der Waals surface area (Å²) in [5.74, 6) is -0.263. The summed E-state index contributed by atoms with van der Waals surface area (Å²) in [5, 5.41) is 6.01. The van der Waals surface area contributed by atoms with Crippen LogP contribution in [0.5, 0.6) is 0 Å². The lowest BCUT2D eigenvalue weighted by molar-refractivity contribution is -0.114. The number of nitrogens with one attached hydrogen (secondary N) is 2. The summed E-state index contributed by atoms with van der Waals surface area (Å²) in [6.45, 7) is 4.72. The Kier molecular flexibility index (Phi) is 6.86. The van der Waals surface area contributed by atoms with Crippen molar-refractivity contribution in [1.82, 2.24) is 4.90 Å². The zero-order chi connectivity index (χ0) is 21.5. The van der Waals surface area contributed by atoms with E-state index >= 15 is 0 Å². The molecule has 0 aliphatic heterocycles. The molecule has 154 valence electrons. The number of hydrogen-bond donors (Lipinski definition) is 2. The van der Waals surface area contributed by atoms with Gasteiger partial charge in [0.15, 0.2) is 0 Å². The third kappa shape index (κ3) is 5.70. The lowest BCUT2D eigenvalue weighted by Crippen LogP contribution is -2.26. The summed E-state index contributed by atoms with van der Waals surface area (Å²) in [6, 6.07) is 22.9.